The van der Waals surface area contributed by atoms with E-state index < -0.39 is 23.4 Å². The predicted molar refractivity (Wildman–Crippen MR) is 114 cm³/mol. The van der Waals surface area contributed by atoms with Crippen LogP contribution in [0.5, 0.6) is 11.5 Å². The van der Waals surface area contributed by atoms with E-state index in [-0.39, 0.29) is 11.7 Å². The number of benzene rings is 3. The van der Waals surface area contributed by atoms with Crippen LogP contribution in [0.2, 0.25) is 0 Å². The minimum atomic E-state index is -4.44. The van der Waals surface area contributed by atoms with E-state index in [9.17, 15) is 17.6 Å². The Morgan fingerprint density at radius 3 is 2.22 bits per heavy atom. The van der Waals surface area contributed by atoms with Crippen LogP contribution in [0.3, 0.4) is 0 Å². The zero-order chi connectivity index (χ0) is 22.7. The third-order valence-corrected chi connectivity index (χ3v) is 5.11. The fraction of sp³-hybridized carbons (Fsp3) is 0.154. The molecule has 0 atom stereocenters. The Kier molecular flexibility index (Phi) is 6.12. The molecule has 3 aromatic rings. The van der Waals surface area contributed by atoms with Crippen LogP contribution in [0.15, 0.2) is 84.7 Å². The molecule has 1 fully saturated rings. The molecule has 32 heavy (non-hydrogen) atoms. The van der Waals surface area contributed by atoms with Gasteiger partial charge in [0.05, 0.1) is 5.56 Å². The van der Waals surface area contributed by atoms with Gasteiger partial charge in [-0.3, -0.25) is 0 Å². The molecular weight excluding hydrogens is 423 g/mol. The van der Waals surface area contributed by atoms with E-state index in [0.717, 1.165) is 25.0 Å². The summed E-state index contributed by atoms with van der Waals surface area (Å²) in [5.41, 5.74) is 0.562. The molecule has 0 unspecified atom stereocenters. The van der Waals surface area contributed by atoms with E-state index in [1.54, 1.807) is 24.3 Å². The number of halogens is 5. The standard InChI is InChI=1S/C26H19F5O/c27-22-14-6-17(16-24(22)32-21-4-2-1-3-5-21)7-15-23(28)25(18-8-9-18)19-10-12-20(13-11-19)26(29,30)31/h1-7,10-16,18H,8-9H2/b15-7+,25-23-. The lowest BCUT2D eigenvalue weighted by molar-refractivity contribution is -0.137. The summed E-state index contributed by atoms with van der Waals surface area (Å²) in [6, 6.07) is 17.4. The summed E-state index contributed by atoms with van der Waals surface area (Å²) in [6.45, 7) is 0. The van der Waals surface area contributed by atoms with Crippen molar-refractivity contribution in [3.63, 3.8) is 0 Å². The zero-order valence-corrected chi connectivity index (χ0v) is 16.9. The Hall–Kier alpha value is -3.41. The molecule has 0 N–H and O–H groups in total. The number of ether oxygens (including phenoxy) is 1. The number of rotatable bonds is 6. The van der Waals surface area contributed by atoms with Gasteiger partial charge in [0.1, 0.15) is 11.6 Å². The minimum Gasteiger partial charge on any atom is -0.454 e. The van der Waals surface area contributed by atoms with Crippen LogP contribution in [0.4, 0.5) is 22.0 Å². The van der Waals surface area contributed by atoms with E-state index in [1.807, 2.05) is 6.07 Å². The molecule has 1 aliphatic carbocycles. The third-order valence-electron chi connectivity index (χ3n) is 5.11. The minimum absolute atomic E-state index is 0.00731. The summed E-state index contributed by atoms with van der Waals surface area (Å²) in [7, 11) is 0. The van der Waals surface area contributed by atoms with Gasteiger partial charge in [0.15, 0.2) is 11.6 Å². The molecule has 3 aromatic carbocycles. The summed E-state index contributed by atoms with van der Waals surface area (Å²) in [5, 5.41) is 0. The van der Waals surface area contributed by atoms with Gasteiger partial charge in [-0.25, -0.2) is 8.78 Å². The van der Waals surface area contributed by atoms with E-state index in [1.165, 1.54) is 42.5 Å². The molecule has 4 rings (SSSR count). The first-order chi connectivity index (χ1) is 15.3. The van der Waals surface area contributed by atoms with Crippen LogP contribution in [0.1, 0.15) is 29.5 Å². The lowest BCUT2D eigenvalue weighted by Gasteiger charge is -2.10. The van der Waals surface area contributed by atoms with Gasteiger partial charge >= 0.3 is 6.18 Å². The fourth-order valence-corrected chi connectivity index (χ4v) is 3.36. The largest absolute Gasteiger partial charge is 0.454 e. The van der Waals surface area contributed by atoms with Gasteiger partial charge in [-0.1, -0.05) is 42.5 Å². The Labute approximate surface area is 182 Å². The predicted octanol–water partition coefficient (Wildman–Crippen LogP) is 8.44. The van der Waals surface area contributed by atoms with Gasteiger partial charge in [0.2, 0.25) is 0 Å². The fourth-order valence-electron chi connectivity index (χ4n) is 3.36. The number of allylic oxidation sites excluding steroid dienone is 3. The smallest absolute Gasteiger partial charge is 0.416 e. The van der Waals surface area contributed by atoms with Crippen molar-refractivity contribution < 1.29 is 26.7 Å². The van der Waals surface area contributed by atoms with Crippen molar-refractivity contribution in [2.45, 2.75) is 19.0 Å². The van der Waals surface area contributed by atoms with Crippen LogP contribution < -0.4 is 4.74 Å². The quantitative estimate of drug-likeness (QED) is 0.275. The number of hydrogen-bond acceptors (Lipinski definition) is 1. The van der Waals surface area contributed by atoms with Gasteiger partial charge in [0.25, 0.3) is 0 Å². The molecule has 0 saturated heterocycles. The molecular formula is C26H19F5O. The Balaban J connectivity index is 1.59. The highest BCUT2D eigenvalue weighted by molar-refractivity contribution is 5.74. The molecule has 0 radical (unpaired) electrons. The molecule has 164 valence electrons. The van der Waals surface area contributed by atoms with Crippen molar-refractivity contribution in [2.24, 2.45) is 5.92 Å². The van der Waals surface area contributed by atoms with Crippen molar-refractivity contribution in [3.8, 4) is 11.5 Å². The van der Waals surface area contributed by atoms with Gasteiger partial charge in [0, 0.05) is 0 Å². The molecule has 0 bridgehead atoms. The Morgan fingerprint density at radius 2 is 1.59 bits per heavy atom. The van der Waals surface area contributed by atoms with Crippen molar-refractivity contribution in [1.82, 2.24) is 0 Å². The van der Waals surface area contributed by atoms with E-state index >= 15 is 4.39 Å². The molecule has 1 aliphatic rings. The molecule has 0 aliphatic heterocycles. The van der Waals surface area contributed by atoms with Crippen LogP contribution in [0.25, 0.3) is 11.6 Å². The van der Waals surface area contributed by atoms with Crippen molar-refractivity contribution in [1.29, 1.82) is 0 Å². The van der Waals surface area contributed by atoms with Gasteiger partial charge in [-0.15, -0.1) is 0 Å². The van der Waals surface area contributed by atoms with Crippen molar-refractivity contribution in [2.75, 3.05) is 0 Å². The molecule has 0 spiro atoms. The maximum atomic E-state index is 15.1. The molecule has 1 nitrogen and oxygen atoms in total. The number of para-hydroxylation sites is 1. The van der Waals surface area contributed by atoms with E-state index in [4.69, 9.17) is 4.74 Å². The first kappa shape index (κ1) is 21.8. The molecule has 1 saturated carbocycles. The summed E-state index contributed by atoms with van der Waals surface area (Å²) in [4.78, 5) is 0. The molecule has 0 heterocycles. The SMILES string of the molecule is FC(/C=C/c1ccc(F)c(Oc2ccccc2)c1)=C(\c1ccc(C(F)(F)F)cc1)C1CC1. The summed E-state index contributed by atoms with van der Waals surface area (Å²) in [6.07, 6.45) is -0.140. The summed E-state index contributed by atoms with van der Waals surface area (Å²) < 4.78 is 73.2. The second-order valence-corrected chi connectivity index (χ2v) is 7.55. The second kappa shape index (κ2) is 8.99. The number of alkyl halides is 3. The first-order valence-electron chi connectivity index (χ1n) is 10.1. The topological polar surface area (TPSA) is 9.23 Å². The normalized spacial score (nSPS) is 15.0. The average molecular weight is 442 g/mol. The van der Waals surface area contributed by atoms with Crippen LogP contribution >= 0.6 is 0 Å². The maximum Gasteiger partial charge on any atom is 0.416 e. The summed E-state index contributed by atoms with van der Waals surface area (Å²) >= 11 is 0. The molecule has 0 amide bonds. The molecule has 0 aromatic heterocycles. The van der Waals surface area contributed by atoms with Crippen LogP contribution in [0, 0.1) is 11.7 Å². The van der Waals surface area contributed by atoms with Crippen molar-refractivity contribution >= 4 is 11.6 Å². The monoisotopic (exact) mass is 442 g/mol. The van der Waals surface area contributed by atoms with Gasteiger partial charge in [-0.05, 0) is 77.9 Å². The second-order valence-electron chi connectivity index (χ2n) is 7.55. The zero-order valence-electron chi connectivity index (χ0n) is 16.9. The van der Waals surface area contributed by atoms with Crippen LogP contribution in [-0.2, 0) is 6.18 Å². The summed E-state index contributed by atoms with van der Waals surface area (Å²) in [5.74, 6) is -0.626. The Bertz CT molecular complexity index is 1140. The number of hydrogen-bond donors (Lipinski definition) is 0. The van der Waals surface area contributed by atoms with Crippen LogP contribution in [-0.4, -0.2) is 0 Å². The maximum absolute atomic E-state index is 15.1. The first-order valence-corrected chi connectivity index (χ1v) is 10.1. The highest BCUT2D eigenvalue weighted by Crippen LogP contribution is 2.45. The average Bonchev–Trinajstić information content (AvgIpc) is 3.60. The lowest BCUT2D eigenvalue weighted by Crippen LogP contribution is -2.04. The third kappa shape index (κ3) is 5.25. The van der Waals surface area contributed by atoms with E-state index in [0.29, 0.717) is 22.4 Å². The highest BCUT2D eigenvalue weighted by atomic mass is 19.4. The van der Waals surface area contributed by atoms with E-state index in [2.05, 4.69) is 0 Å². The lowest BCUT2D eigenvalue weighted by atomic mass is 9.98. The van der Waals surface area contributed by atoms with Crippen molar-refractivity contribution in [3.05, 3.63) is 107 Å². The Morgan fingerprint density at radius 1 is 0.906 bits per heavy atom. The van der Waals surface area contributed by atoms with Gasteiger partial charge < -0.3 is 4.74 Å². The molecule has 6 heteroatoms. The van der Waals surface area contributed by atoms with Gasteiger partial charge in [-0.2, -0.15) is 13.2 Å². The highest BCUT2D eigenvalue weighted by Gasteiger charge is 2.32.